The van der Waals surface area contributed by atoms with Crippen LogP contribution in [0.2, 0.25) is 0 Å². The SMILES string of the molecule is COC(=O)C1CC1c1ccc(OCBr)cc1. The molecule has 1 fully saturated rings. The largest absolute Gasteiger partial charge is 0.482 e. The van der Waals surface area contributed by atoms with Crippen LogP contribution in [0, 0.1) is 5.92 Å². The highest BCUT2D eigenvalue weighted by atomic mass is 79.9. The number of alkyl halides is 1. The summed E-state index contributed by atoms with van der Waals surface area (Å²) in [5, 5.41) is 0. The average molecular weight is 285 g/mol. The third-order valence-electron chi connectivity index (χ3n) is 2.82. The quantitative estimate of drug-likeness (QED) is 0.630. The van der Waals surface area contributed by atoms with Crippen molar-refractivity contribution in [1.82, 2.24) is 0 Å². The predicted molar refractivity (Wildman–Crippen MR) is 63.7 cm³/mol. The Hall–Kier alpha value is -1.03. The molecule has 0 aliphatic heterocycles. The maximum Gasteiger partial charge on any atom is 0.309 e. The highest BCUT2D eigenvalue weighted by Crippen LogP contribution is 2.48. The summed E-state index contributed by atoms with van der Waals surface area (Å²) in [5.74, 6) is 1.10. The standard InChI is InChI=1S/C12H13BrO3/c1-15-12(14)11-6-10(11)8-2-4-9(5-3-8)16-7-13/h2-5,10-11H,6-7H2,1H3. The van der Waals surface area contributed by atoms with Gasteiger partial charge in [-0.2, -0.15) is 0 Å². The molecule has 4 heteroatoms. The van der Waals surface area contributed by atoms with Gasteiger partial charge in [0.2, 0.25) is 0 Å². The van der Waals surface area contributed by atoms with E-state index < -0.39 is 0 Å². The van der Waals surface area contributed by atoms with Crippen LogP contribution in [-0.2, 0) is 9.53 Å². The van der Waals surface area contributed by atoms with Crippen molar-refractivity contribution in [3.63, 3.8) is 0 Å². The smallest absolute Gasteiger partial charge is 0.309 e. The predicted octanol–water partition coefficient (Wildman–Crippen LogP) is 2.69. The molecule has 0 radical (unpaired) electrons. The van der Waals surface area contributed by atoms with Crippen molar-refractivity contribution in [3.05, 3.63) is 29.8 Å². The Balaban J connectivity index is 1.99. The maximum atomic E-state index is 11.3. The second-order valence-corrected chi connectivity index (χ2v) is 4.25. The highest BCUT2D eigenvalue weighted by Gasteiger charge is 2.44. The Labute approximate surface area is 103 Å². The zero-order chi connectivity index (χ0) is 11.5. The van der Waals surface area contributed by atoms with Gasteiger partial charge in [-0.05, 0) is 46.0 Å². The van der Waals surface area contributed by atoms with Crippen molar-refractivity contribution in [3.8, 4) is 5.75 Å². The molecule has 0 heterocycles. The van der Waals surface area contributed by atoms with Gasteiger partial charge >= 0.3 is 5.97 Å². The van der Waals surface area contributed by atoms with Crippen LogP contribution in [0.15, 0.2) is 24.3 Å². The summed E-state index contributed by atoms with van der Waals surface area (Å²) < 4.78 is 10.00. The summed E-state index contributed by atoms with van der Waals surface area (Å²) >= 11 is 3.20. The van der Waals surface area contributed by atoms with Crippen LogP contribution in [-0.4, -0.2) is 18.6 Å². The molecule has 0 N–H and O–H groups in total. The topological polar surface area (TPSA) is 35.5 Å². The minimum absolute atomic E-state index is 0.0490. The number of methoxy groups -OCH3 is 1. The molecule has 0 saturated heterocycles. The van der Waals surface area contributed by atoms with Gasteiger partial charge in [0.1, 0.15) is 11.3 Å². The van der Waals surface area contributed by atoms with Gasteiger partial charge in [-0.3, -0.25) is 4.79 Å². The second kappa shape index (κ2) is 4.87. The zero-order valence-corrected chi connectivity index (χ0v) is 10.6. The number of halogens is 1. The molecule has 0 amide bonds. The lowest BCUT2D eigenvalue weighted by molar-refractivity contribution is -0.142. The van der Waals surface area contributed by atoms with E-state index in [4.69, 9.17) is 9.47 Å². The molecule has 1 aromatic rings. The summed E-state index contributed by atoms with van der Waals surface area (Å²) in [6.45, 7) is 0. The van der Waals surface area contributed by atoms with Crippen LogP contribution in [0.25, 0.3) is 0 Å². The van der Waals surface area contributed by atoms with Crippen LogP contribution in [0.4, 0.5) is 0 Å². The van der Waals surface area contributed by atoms with E-state index in [1.165, 1.54) is 12.7 Å². The van der Waals surface area contributed by atoms with Crippen molar-refractivity contribution < 1.29 is 14.3 Å². The lowest BCUT2D eigenvalue weighted by Gasteiger charge is -2.03. The van der Waals surface area contributed by atoms with Crippen molar-refractivity contribution >= 4 is 21.9 Å². The van der Waals surface area contributed by atoms with Crippen molar-refractivity contribution in [2.45, 2.75) is 12.3 Å². The molecule has 2 atom stereocenters. The Bertz CT molecular complexity index is 374. The van der Waals surface area contributed by atoms with E-state index in [2.05, 4.69) is 15.9 Å². The summed E-state index contributed by atoms with van der Waals surface area (Å²) in [7, 11) is 1.44. The zero-order valence-electron chi connectivity index (χ0n) is 8.98. The Kier molecular flexibility index (Phi) is 3.49. The number of hydrogen-bond acceptors (Lipinski definition) is 3. The number of ether oxygens (including phenoxy) is 2. The number of carbonyl (C=O) groups excluding carboxylic acids is 1. The van der Waals surface area contributed by atoms with Gasteiger partial charge in [0.05, 0.1) is 13.0 Å². The fourth-order valence-corrected chi connectivity index (χ4v) is 2.11. The summed E-state index contributed by atoms with van der Waals surface area (Å²) in [6, 6.07) is 7.85. The number of carbonyl (C=O) groups is 1. The molecule has 1 aromatic carbocycles. The van der Waals surface area contributed by atoms with Gasteiger partial charge in [0, 0.05) is 0 Å². The third kappa shape index (κ3) is 2.38. The van der Waals surface area contributed by atoms with Crippen molar-refractivity contribution in [2.24, 2.45) is 5.92 Å². The molecular weight excluding hydrogens is 272 g/mol. The van der Waals surface area contributed by atoms with Crippen LogP contribution in [0.1, 0.15) is 17.9 Å². The number of benzene rings is 1. The van der Waals surface area contributed by atoms with Crippen LogP contribution >= 0.6 is 15.9 Å². The molecule has 2 unspecified atom stereocenters. The van der Waals surface area contributed by atoms with Crippen molar-refractivity contribution in [2.75, 3.05) is 12.6 Å². The molecule has 2 rings (SSSR count). The Morgan fingerprint density at radius 3 is 2.69 bits per heavy atom. The van der Waals surface area contributed by atoms with Crippen molar-refractivity contribution in [1.29, 1.82) is 0 Å². The molecule has 1 aliphatic carbocycles. The first-order valence-electron chi connectivity index (χ1n) is 5.13. The van der Waals surface area contributed by atoms with Gasteiger partial charge < -0.3 is 9.47 Å². The van der Waals surface area contributed by atoms with E-state index in [1.54, 1.807) is 0 Å². The molecule has 1 saturated carbocycles. The van der Waals surface area contributed by atoms with Gasteiger partial charge in [0.25, 0.3) is 0 Å². The van der Waals surface area contributed by atoms with Gasteiger partial charge in [0.15, 0.2) is 0 Å². The highest BCUT2D eigenvalue weighted by molar-refractivity contribution is 9.09. The first kappa shape index (κ1) is 11.5. The van der Waals surface area contributed by atoms with E-state index in [0.29, 0.717) is 11.4 Å². The second-order valence-electron chi connectivity index (χ2n) is 3.79. The lowest BCUT2D eigenvalue weighted by Crippen LogP contribution is -2.03. The minimum atomic E-state index is -0.106. The van der Waals surface area contributed by atoms with E-state index in [0.717, 1.165) is 12.2 Å². The molecule has 0 spiro atoms. The molecule has 86 valence electrons. The maximum absolute atomic E-state index is 11.3. The molecular formula is C12H13BrO3. The number of esters is 1. The van der Waals surface area contributed by atoms with Gasteiger partial charge in [-0.15, -0.1) is 0 Å². The first-order chi connectivity index (χ1) is 7.76. The molecule has 0 bridgehead atoms. The fourth-order valence-electron chi connectivity index (χ4n) is 1.85. The molecule has 3 nitrogen and oxygen atoms in total. The van der Waals surface area contributed by atoms with Gasteiger partial charge in [-0.25, -0.2) is 0 Å². The summed E-state index contributed by atoms with van der Waals surface area (Å²) in [5.41, 5.74) is 1.66. The van der Waals surface area contributed by atoms with E-state index in [1.807, 2.05) is 24.3 Å². The Morgan fingerprint density at radius 2 is 2.12 bits per heavy atom. The molecule has 16 heavy (non-hydrogen) atoms. The lowest BCUT2D eigenvalue weighted by atomic mass is 10.1. The summed E-state index contributed by atoms with van der Waals surface area (Å²) in [4.78, 5) is 11.3. The van der Waals surface area contributed by atoms with E-state index in [-0.39, 0.29) is 11.9 Å². The fraction of sp³-hybridized carbons (Fsp3) is 0.417. The first-order valence-corrected chi connectivity index (χ1v) is 6.25. The van der Waals surface area contributed by atoms with E-state index in [9.17, 15) is 4.79 Å². The van der Waals surface area contributed by atoms with Crippen LogP contribution in [0.3, 0.4) is 0 Å². The average Bonchev–Trinajstić information content (AvgIpc) is 3.10. The minimum Gasteiger partial charge on any atom is -0.482 e. The van der Waals surface area contributed by atoms with E-state index >= 15 is 0 Å². The normalized spacial score (nSPS) is 22.6. The Morgan fingerprint density at radius 1 is 1.44 bits per heavy atom. The van der Waals surface area contributed by atoms with Crippen LogP contribution in [0.5, 0.6) is 5.75 Å². The molecule has 0 aromatic heterocycles. The number of rotatable bonds is 4. The monoisotopic (exact) mass is 284 g/mol. The van der Waals surface area contributed by atoms with Crippen LogP contribution < -0.4 is 4.74 Å². The molecule has 1 aliphatic rings. The third-order valence-corrected chi connectivity index (χ3v) is 3.05. The van der Waals surface area contributed by atoms with Gasteiger partial charge in [-0.1, -0.05) is 12.1 Å². The summed E-state index contributed by atoms with van der Waals surface area (Å²) in [6.07, 6.45) is 0.894. The number of hydrogen-bond donors (Lipinski definition) is 0.